The van der Waals surface area contributed by atoms with Gasteiger partial charge in [0.2, 0.25) is 5.75 Å². The molecule has 0 saturated carbocycles. The van der Waals surface area contributed by atoms with Gasteiger partial charge in [0.25, 0.3) is 0 Å². The molecular weight excluding hydrogens is 464 g/mol. The van der Waals surface area contributed by atoms with Crippen molar-refractivity contribution in [3.8, 4) is 45.4 Å². The number of fused-ring (bicyclic) bond motifs is 1. The number of benzene rings is 4. The minimum atomic E-state index is 0.504. The molecule has 4 aromatic carbocycles. The van der Waals surface area contributed by atoms with Gasteiger partial charge in [-0.1, -0.05) is 60.7 Å². The third-order valence-corrected chi connectivity index (χ3v) is 6.31. The van der Waals surface area contributed by atoms with Crippen molar-refractivity contribution < 1.29 is 18.9 Å². The minimum Gasteiger partial charge on any atom is -0.497 e. The first kappa shape index (κ1) is 24.0. The SMILES string of the molecule is COc1ccc(N=Cc2c(OC)c(OC)c(OC)c3c(-c4ccccc4)c(-c4ccccc4)[nH]c23)cc1. The molecule has 0 spiro atoms. The molecule has 5 aromatic rings. The van der Waals surface area contributed by atoms with Crippen LogP contribution in [0.25, 0.3) is 33.3 Å². The van der Waals surface area contributed by atoms with Crippen LogP contribution in [0.2, 0.25) is 0 Å². The van der Waals surface area contributed by atoms with Crippen LogP contribution in [-0.2, 0) is 0 Å². The van der Waals surface area contributed by atoms with Gasteiger partial charge in [-0.3, -0.25) is 4.99 Å². The second-order valence-corrected chi connectivity index (χ2v) is 8.33. The summed E-state index contributed by atoms with van der Waals surface area (Å²) in [4.78, 5) is 8.43. The van der Waals surface area contributed by atoms with Gasteiger partial charge in [-0.05, 0) is 35.4 Å². The molecular formula is C31H28N2O4. The van der Waals surface area contributed by atoms with E-state index in [1.165, 1.54) is 0 Å². The fourth-order valence-corrected chi connectivity index (χ4v) is 4.61. The Hall–Kier alpha value is -4.71. The Morgan fingerprint density at radius 3 is 1.78 bits per heavy atom. The van der Waals surface area contributed by atoms with Gasteiger partial charge < -0.3 is 23.9 Å². The molecule has 6 heteroatoms. The monoisotopic (exact) mass is 492 g/mol. The first-order valence-corrected chi connectivity index (χ1v) is 11.9. The van der Waals surface area contributed by atoms with E-state index in [-0.39, 0.29) is 0 Å². The quantitative estimate of drug-likeness (QED) is 0.231. The summed E-state index contributed by atoms with van der Waals surface area (Å²) in [7, 11) is 6.52. The van der Waals surface area contributed by atoms with Gasteiger partial charge in [0.1, 0.15) is 5.75 Å². The highest BCUT2D eigenvalue weighted by Crippen LogP contribution is 2.51. The summed E-state index contributed by atoms with van der Waals surface area (Å²) in [6.45, 7) is 0. The van der Waals surface area contributed by atoms with Crippen LogP contribution in [0.3, 0.4) is 0 Å². The maximum absolute atomic E-state index is 5.96. The third kappa shape index (κ3) is 4.38. The summed E-state index contributed by atoms with van der Waals surface area (Å²) in [5.74, 6) is 2.40. The second kappa shape index (κ2) is 10.5. The highest BCUT2D eigenvalue weighted by molar-refractivity contribution is 6.15. The van der Waals surface area contributed by atoms with Crippen molar-refractivity contribution in [2.45, 2.75) is 0 Å². The van der Waals surface area contributed by atoms with Gasteiger partial charge in [-0.15, -0.1) is 0 Å². The van der Waals surface area contributed by atoms with Gasteiger partial charge in [0.05, 0.1) is 56.3 Å². The average molecular weight is 493 g/mol. The van der Waals surface area contributed by atoms with Gasteiger partial charge in [-0.25, -0.2) is 0 Å². The van der Waals surface area contributed by atoms with E-state index >= 15 is 0 Å². The Morgan fingerprint density at radius 2 is 1.22 bits per heavy atom. The zero-order valence-corrected chi connectivity index (χ0v) is 21.2. The number of nitrogens with zero attached hydrogens (tertiary/aromatic N) is 1. The van der Waals surface area contributed by atoms with Crippen molar-refractivity contribution in [2.75, 3.05) is 28.4 Å². The second-order valence-electron chi connectivity index (χ2n) is 8.33. The Kier molecular flexibility index (Phi) is 6.81. The summed E-state index contributed by atoms with van der Waals surface area (Å²) in [5.41, 5.74) is 6.46. The molecule has 0 amide bonds. The van der Waals surface area contributed by atoms with E-state index in [1.807, 2.05) is 60.7 Å². The Morgan fingerprint density at radius 1 is 0.622 bits per heavy atom. The topological polar surface area (TPSA) is 65.1 Å². The summed E-state index contributed by atoms with van der Waals surface area (Å²) in [6.07, 6.45) is 1.80. The number of hydrogen-bond donors (Lipinski definition) is 1. The number of ether oxygens (including phenoxy) is 4. The molecule has 186 valence electrons. The fourth-order valence-electron chi connectivity index (χ4n) is 4.61. The number of aliphatic imine (C=N–C) groups is 1. The third-order valence-electron chi connectivity index (χ3n) is 6.31. The van der Waals surface area contributed by atoms with Crippen LogP contribution in [-0.4, -0.2) is 39.6 Å². The summed E-state index contributed by atoms with van der Waals surface area (Å²) >= 11 is 0. The highest BCUT2D eigenvalue weighted by atomic mass is 16.5. The average Bonchev–Trinajstić information content (AvgIpc) is 3.36. The van der Waals surface area contributed by atoms with Crippen LogP contribution in [0.5, 0.6) is 23.0 Å². The first-order valence-electron chi connectivity index (χ1n) is 11.9. The van der Waals surface area contributed by atoms with E-state index in [1.54, 1.807) is 34.7 Å². The number of aromatic amines is 1. The molecule has 0 aliphatic carbocycles. The molecule has 0 radical (unpaired) electrons. The molecule has 0 atom stereocenters. The van der Waals surface area contributed by atoms with Crippen molar-refractivity contribution in [3.05, 3.63) is 90.5 Å². The summed E-state index contributed by atoms with van der Waals surface area (Å²) in [5, 5.41) is 0.890. The zero-order chi connectivity index (χ0) is 25.8. The number of H-pyrrole nitrogens is 1. The van der Waals surface area contributed by atoms with Crippen molar-refractivity contribution >= 4 is 22.8 Å². The Bertz CT molecular complexity index is 1540. The highest BCUT2D eigenvalue weighted by Gasteiger charge is 2.28. The van der Waals surface area contributed by atoms with Crippen LogP contribution in [0.15, 0.2) is 89.9 Å². The van der Waals surface area contributed by atoms with Crippen LogP contribution in [0, 0.1) is 0 Å². The number of aromatic nitrogens is 1. The van der Waals surface area contributed by atoms with E-state index in [0.29, 0.717) is 17.2 Å². The van der Waals surface area contributed by atoms with Crippen LogP contribution in [0.4, 0.5) is 5.69 Å². The molecule has 1 N–H and O–H groups in total. The minimum absolute atomic E-state index is 0.504. The van der Waals surface area contributed by atoms with Crippen molar-refractivity contribution in [1.82, 2.24) is 4.98 Å². The predicted molar refractivity (Wildman–Crippen MR) is 149 cm³/mol. The number of hydrogen-bond acceptors (Lipinski definition) is 5. The lowest BCUT2D eigenvalue weighted by Gasteiger charge is -2.17. The summed E-state index contributed by atoms with van der Waals surface area (Å²) in [6, 6.07) is 28.1. The van der Waals surface area contributed by atoms with E-state index < -0.39 is 0 Å². The number of rotatable bonds is 8. The predicted octanol–water partition coefficient (Wildman–Crippen LogP) is 7.29. The zero-order valence-electron chi connectivity index (χ0n) is 21.2. The maximum atomic E-state index is 5.96. The van der Waals surface area contributed by atoms with Gasteiger partial charge in [0, 0.05) is 11.8 Å². The molecule has 0 fully saturated rings. The van der Waals surface area contributed by atoms with Crippen LogP contribution < -0.4 is 18.9 Å². The van der Waals surface area contributed by atoms with E-state index in [2.05, 4.69) is 29.2 Å². The molecule has 6 nitrogen and oxygen atoms in total. The van der Waals surface area contributed by atoms with Crippen molar-refractivity contribution in [2.24, 2.45) is 4.99 Å². The molecule has 37 heavy (non-hydrogen) atoms. The molecule has 0 bridgehead atoms. The van der Waals surface area contributed by atoms with Crippen molar-refractivity contribution in [3.63, 3.8) is 0 Å². The molecule has 0 aliphatic heterocycles. The van der Waals surface area contributed by atoms with Gasteiger partial charge >= 0.3 is 0 Å². The molecule has 1 aromatic heterocycles. The molecule has 1 heterocycles. The van der Waals surface area contributed by atoms with Gasteiger partial charge in [0.15, 0.2) is 11.5 Å². The maximum Gasteiger partial charge on any atom is 0.204 e. The molecule has 0 saturated heterocycles. The Labute approximate surface area is 216 Å². The molecule has 5 rings (SSSR count). The lowest BCUT2D eigenvalue weighted by atomic mass is 9.96. The van der Waals surface area contributed by atoms with Crippen molar-refractivity contribution in [1.29, 1.82) is 0 Å². The number of nitrogens with one attached hydrogen (secondary N) is 1. The molecule has 0 unspecified atom stereocenters. The van der Waals surface area contributed by atoms with Gasteiger partial charge in [-0.2, -0.15) is 0 Å². The fraction of sp³-hybridized carbons (Fsp3) is 0.129. The normalized spacial score (nSPS) is 11.1. The first-order chi connectivity index (χ1) is 18.2. The number of methoxy groups -OCH3 is 4. The lowest BCUT2D eigenvalue weighted by Crippen LogP contribution is -2.00. The standard InChI is InChI=1S/C31H28N2O4/c1-34-23-17-15-22(16-18-23)32-19-24-28-26(30(36-3)31(37-4)29(24)35-2)25(20-11-7-5-8-12-20)27(33-28)21-13-9-6-10-14-21/h5-19,33H,1-4H3. The van der Waals surface area contributed by atoms with E-state index in [9.17, 15) is 0 Å². The van der Waals surface area contributed by atoms with E-state index in [0.717, 1.165) is 50.3 Å². The lowest BCUT2D eigenvalue weighted by molar-refractivity contribution is 0.327. The summed E-state index contributed by atoms with van der Waals surface area (Å²) < 4.78 is 23.0. The Balaban J connectivity index is 1.86. The largest absolute Gasteiger partial charge is 0.497 e. The molecule has 0 aliphatic rings. The van der Waals surface area contributed by atoms with E-state index in [4.69, 9.17) is 23.9 Å². The van der Waals surface area contributed by atoms with Crippen LogP contribution in [0.1, 0.15) is 5.56 Å². The smallest absolute Gasteiger partial charge is 0.204 e. The van der Waals surface area contributed by atoms with Crippen LogP contribution >= 0.6 is 0 Å².